The molecule has 0 atom stereocenters. The SMILES string of the molecule is Cl.O=C(O)COc1ccc(Cc2ncc[nH]2)cc1. The summed E-state index contributed by atoms with van der Waals surface area (Å²) in [5.74, 6) is 0.462. The second-order valence-corrected chi connectivity index (χ2v) is 3.54. The van der Waals surface area contributed by atoms with Crippen molar-refractivity contribution in [3.05, 3.63) is 48.0 Å². The van der Waals surface area contributed by atoms with Gasteiger partial charge in [-0.3, -0.25) is 0 Å². The minimum absolute atomic E-state index is 0. The van der Waals surface area contributed by atoms with E-state index < -0.39 is 5.97 Å². The van der Waals surface area contributed by atoms with Gasteiger partial charge in [-0.1, -0.05) is 12.1 Å². The number of carboxylic acid groups (broad SMARTS) is 1. The van der Waals surface area contributed by atoms with Gasteiger partial charge in [0.15, 0.2) is 6.61 Å². The number of nitrogens with one attached hydrogen (secondary N) is 1. The molecule has 1 aromatic carbocycles. The molecule has 6 heteroatoms. The highest BCUT2D eigenvalue weighted by Gasteiger charge is 2.01. The number of aliphatic carboxylic acids is 1. The van der Waals surface area contributed by atoms with E-state index in [0.717, 1.165) is 11.4 Å². The van der Waals surface area contributed by atoms with Crippen LogP contribution in [-0.4, -0.2) is 27.7 Å². The van der Waals surface area contributed by atoms with Crippen molar-refractivity contribution in [2.75, 3.05) is 6.61 Å². The average Bonchev–Trinajstić information content (AvgIpc) is 2.81. The predicted molar refractivity (Wildman–Crippen MR) is 68.2 cm³/mol. The highest BCUT2D eigenvalue weighted by molar-refractivity contribution is 5.85. The molecule has 0 unspecified atom stereocenters. The maximum absolute atomic E-state index is 10.3. The predicted octanol–water partition coefficient (Wildman–Crippen LogP) is 1.89. The average molecular weight is 269 g/mol. The fraction of sp³-hybridized carbons (Fsp3) is 0.167. The number of nitrogens with zero attached hydrogens (tertiary/aromatic N) is 1. The number of imidazole rings is 1. The summed E-state index contributed by atoms with van der Waals surface area (Å²) in [5, 5.41) is 8.46. The lowest BCUT2D eigenvalue weighted by Gasteiger charge is -2.04. The number of H-pyrrole nitrogens is 1. The third-order valence-electron chi connectivity index (χ3n) is 2.21. The van der Waals surface area contributed by atoms with Crippen LogP contribution in [0.1, 0.15) is 11.4 Å². The van der Waals surface area contributed by atoms with Crippen LogP contribution < -0.4 is 4.74 Å². The van der Waals surface area contributed by atoms with E-state index in [-0.39, 0.29) is 19.0 Å². The number of hydrogen-bond donors (Lipinski definition) is 2. The third-order valence-corrected chi connectivity index (χ3v) is 2.21. The molecule has 0 saturated carbocycles. The number of halogens is 1. The fourth-order valence-corrected chi connectivity index (χ4v) is 1.44. The van der Waals surface area contributed by atoms with E-state index in [2.05, 4.69) is 9.97 Å². The molecule has 96 valence electrons. The molecule has 0 spiro atoms. The number of rotatable bonds is 5. The summed E-state index contributed by atoms with van der Waals surface area (Å²) in [7, 11) is 0. The van der Waals surface area contributed by atoms with Gasteiger partial charge >= 0.3 is 5.97 Å². The van der Waals surface area contributed by atoms with Crippen LogP contribution in [0.2, 0.25) is 0 Å². The minimum Gasteiger partial charge on any atom is -0.482 e. The fourth-order valence-electron chi connectivity index (χ4n) is 1.44. The standard InChI is InChI=1S/C12H12N2O3.ClH/c15-12(16)8-17-10-3-1-9(2-4-10)7-11-13-5-6-14-11;/h1-6H,7-8H2,(H,13,14)(H,15,16);1H. The van der Waals surface area contributed by atoms with E-state index in [0.29, 0.717) is 12.2 Å². The lowest BCUT2D eigenvalue weighted by atomic mass is 10.1. The van der Waals surface area contributed by atoms with Crippen LogP contribution in [0.15, 0.2) is 36.7 Å². The third kappa shape index (κ3) is 4.10. The molecular formula is C12H13ClN2O3. The van der Waals surface area contributed by atoms with Crippen molar-refractivity contribution in [2.24, 2.45) is 0 Å². The molecule has 1 aromatic heterocycles. The lowest BCUT2D eigenvalue weighted by molar-refractivity contribution is -0.139. The minimum atomic E-state index is -0.982. The molecule has 0 fully saturated rings. The Balaban J connectivity index is 0.00000162. The van der Waals surface area contributed by atoms with Crippen molar-refractivity contribution in [3.63, 3.8) is 0 Å². The first kappa shape index (κ1) is 14.1. The summed E-state index contributed by atoms with van der Waals surface area (Å²) >= 11 is 0. The Morgan fingerprint density at radius 1 is 1.33 bits per heavy atom. The van der Waals surface area contributed by atoms with Gasteiger partial charge in [0.05, 0.1) is 0 Å². The number of hydrogen-bond acceptors (Lipinski definition) is 3. The summed E-state index contributed by atoms with van der Waals surface area (Å²) < 4.78 is 5.03. The first-order chi connectivity index (χ1) is 8.24. The number of carbonyl (C=O) groups is 1. The summed E-state index contributed by atoms with van der Waals surface area (Å²) in [4.78, 5) is 17.5. The van der Waals surface area contributed by atoms with Crippen LogP contribution in [0.3, 0.4) is 0 Å². The van der Waals surface area contributed by atoms with E-state index in [4.69, 9.17) is 9.84 Å². The van der Waals surface area contributed by atoms with E-state index in [9.17, 15) is 4.79 Å². The zero-order valence-corrected chi connectivity index (χ0v) is 10.3. The molecule has 0 amide bonds. The number of benzene rings is 1. The monoisotopic (exact) mass is 268 g/mol. The Morgan fingerprint density at radius 3 is 2.61 bits per heavy atom. The maximum atomic E-state index is 10.3. The van der Waals surface area contributed by atoms with E-state index in [1.165, 1.54) is 0 Å². The highest BCUT2D eigenvalue weighted by atomic mass is 35.5. The molecule has 2 N–H and O–H groups in total. The van der Waals surface area contributed by atoms with Crippen molar-refractivity contribution in [1.82, 2.24) is 9.97 Å². The smallest absolute Gasteiger partial charge is 0.341 e. The van der Waals surface area contributed by atoms with Crippen molar-refractivity contribution in [1.29, 1.82) is 0 Å². The molecule has 2 aromatic rings. The Labute approximate surface area is 110 Å². The first-order valence-electron chi connectivity index (χ1n) is 5.16. The van der Waals surface area contributed by atoms with Crippen LogP contribution in [0, 0.1) is 0 Å². The van der Waals surface area contributed by atoms with E-state index in [1.54, 1.807) is 24.5 Å². The topological polar surface area (TPSA) is 75.2 Å². The molecule has 0 aliphatic carbocycles. The molecule has 2 rings (SSSR count). The van der Waals surface area contributed by atoms with Crippen LogP contribution >= 0.6 is 12.4 Å². The van der Waals surface area contributed by atoms with Gasteiger partial charge < -0.3 is 14.8 Å². The summed E-state index contributed by atoms with van der Waals surface area (Å²) in [6.07, 6.45) is 4.20. The molecule has 0 bridgehead atoms. The van der Waals surface area contributed by atoms with Crippen LogP contribution in [0.25, 0.3) is 0 Å². The maximum Gasteiger partial charge on any atom is 0.341 e. The molecule has 0 saturated heterocycles. The van der Waals surface area contributed by atoms with Gasteiger partial charge in [-0.05, 0) is 17.7 Å². The van der Waals surface area contributed by atoms with Gasteiger partial charge in [0, 0.05) is 18.8 Å². The summed E-state index contributed by atoms with van der Waals surface area (Å²) in [5.41, 5.74) is 1.09. The molecule has 0 aliphatic rings. The zero-order valence-electron chi connectivity index (χ0n) is 9.50. The Hall–Kier alpha value is -2.01. The number of carboxylic acids is 1. The Bertz CT molecular complexity index is 483. The molecule has 18 heavy (non-hydrogen) atoms. The molecule has 1 heterocycles. The highest BCUT2D eigenvalue weighted by Crippen LogP contribution is 2.13. The summed E-state index contributed by atoms with van der Waals surface area (Å²) in [6, 6.07) is 7.28. The van der Waals surface area contributed by atoms with Gasteiger partial charge in [-0.25, -0.2) is 9.78 Å². The van der Waals surface area contributed by atoms with E-state index in [1.807, 2.05) is 12.1 Å². The Kier molecular flexibility index (Phi) is 5.20. The summed E-state index contributed by atoms with van der Waals surface area (Å²) in [6.45, 7) is -0.322. The normalized spacial score (nSPS) is 9.56. The molecule has 5 nitrogen and oxygen atoms in total. The van der Waals surface area contributed by atoms with Crippen LogP contribution in [-0.2, 0) is 11.2 Å². The van der Waals surface area contributed by atoms with E-state index >= 15 is 0 Å². The van der Waals surface area contributed by atoms with Gasteiger partial charge in [0.1, 0.15) is 11.6 Å². The van der Waals surface area contributed by atoms with Crippen molar-refractivity contribution in [3.8, 4) is 5.75 Å². The molecule has 0 aliphatic heterocycles. The lowest BCUT2D eigenvalue weighted by Crippen LogP contribution is -2.09. The van der Waals surface area contributed by atoms with Gasteiger partial charge in [0.2, 0.25) is 0 Å². The van der Waals surface area contributed by atoms with Gasteiger partial charge in [-0.2, -0.15) is 0 Å². The van der Waals surface area contributed by atoms with Crippen molar-refractivity contribution in [2.45, 2.75) is 6.42 Å². The number of aromatic nitrogens is 2. The molecular weight excluding hydrogens is 256 g/mol. The second-order valence-electron chi connectivity index (χ2n) is 3.54. The van der Waals surface area contributed by atoms with Crippen molar-refractivity contribution >= 4 is 18.4 Å². The van der Waals surface area contributed by atoms with Crippen LogP contribution in [0.5, 0.6) is 5.75 Å². The molecule has 0 radical (unpaired) electrons. The van der Waals surface area contributed by atoms with Crippen LogP contribution in [0.4, 0.5) is 0 Å². The quantitative estimate of drug-likeness (QED) is 0.868. The van der Waals surface area contributed by atoms with Crippen molar-refractivity contribution < 1.29 is 14.6 Å². The first-order valence-corrected chi connectivity index (χ1v) is 5.16. The Morgan fingerprint density at radius 2 is 2.06 bits per heavy atom. The number of ether oxygens (including phenoxy) is 1. The second kappa shape index (κ2) is 6.66. The van der Waals surface area contributed by atoms with Gasteiger partial charge in [-0.15, -0.1) is 12.4 Å². The zero-order chi connectivity index (χ0) is 12.1. The number of aromatic amines is 1. The largest absolute Gasteiger partial charge is 0.482 e. The van der Waals surface area contributed by atoms with Gasteiger partial charge in [0.25, 0.3) is 0 Å².